The molecule has 1 unspecified atom stereocenters. The Kier molecular flexibility index (Phi) is 7.96. The SMILES string of the molecule is CCNC(=NCCc1ccc(S(C)(=O)=O)cc1)NC(C)c1cccc(N2CCCC2)c1. The Balaban J connectivity index is 1.61. The van der Waals surface area contributed by atoms with Crippen LogP contribution in [0.15, 0.2) is 58.4 Å². The number of aliphatic imine (C=N–C) groups is 1. The van der Waals surface area contributed by atoms with Crippen LogP contribution in [0.25, 0.3) is 0 Å². The van der Waals surface area contributed by atoms with Gasteiger partial charge in [0.1, 0.15) is 0 Å². The van der Waals surface area contributed by atoms with Gasteiger partial charge in [-0.05, 0) is 68.5 Å². The van der Waals surface area contributed by atoms with E-state index in [4.69, 9.17) is 4.99 Å². The van der Waals surface area contributed by atoms with Crippen LogP contribution >= 0.6 is 0 Å². The summed E-state index contributed by atoms with van der Waals surface area (Å²) in [6, 6.07) is 15.9. The van der Waals surface area contributed by atoms with Gasteiger partial charge in [0.05, 0.1) is 10.9 Å². The summed E-state index contributed by atoms with van der Waals surface area (Å²) in [5, 5.41) is 6.83. The van der Waals surface area contributed by atoms with E-state index in [1.165, 1.54) is 30.3 Å². The number of guanidine groups is 1. The Morgan fingerprint density at radius 3 is 2.48 bits per heavy atom. The predicted molar refractivity (Wildman–Crippen MR) is 129 cm³/mol. The molecule has 1 saturated heterocycles. The fourth-order valence-corrected chi connectivity index (χ4v) is 4.41. The van der Waals surface area contributed by atoms with Crippen molar-refractivity contribution in [1.82, 2.24) is 10.6 Å². The highest BCUT2D eigenvalue weighted by Crippen LogP contribution is 2.24. The second kappa shape index (κ2) is 10.7. The molecule has 6 nitrogen and oxygen atoms in total. The zero-order chi connectivity index (χ0) is 22.3. The summed E-state index contributed by atoms with van der Waals surface area (Å²) < 4.78 is 23.2. The van der Waals surface area contributed by atoms with Crippen molar-refractivity contribution in [3.63, 3.8) is 0 Å². The lowest BCUT2D eigenvalue weighted by atomic mass is 10.1. The summed E-state index contributed by atoms with van der Waals surface area (Å²) in [6.45, 7) is 7.89. The van der Waals surface area contributed by atoms with Crippen molar-refractivity contribution >= 4 is 21.5 Å². The van der Waals surface area contributed by atoms with Gasteiger partial charge in [-0.25, -0.2) is 8.42 Å². The fourth-order valence-electron chi connectivity index (χ4n) is 3.77. The third kappa shape index (κ3) is 6.72. The number of hydrogen-bond acceptors (Lipinski definition) is 4. The van der Waals surface area contributed by atoms with Crippen molar-refractivity contribution in [3.8, 4) is 0 Å². The van der Waals surface area contributed by atoms with E-state index < -0.39 is 9.84 Å². The molecule has 31 heavy (non-hydrogen) atoms. The van der Waals surface area contributed by atoms with Gasteiger partial charge in [0.15, 0.2) is 15.8 Å². The molecule has 2 aromatic carbocycles. The lowest BCUT2D eigenvalue weighted by molar-refractivity contribution is 0.602. The minimum Gasteiger partial charge on any atom is -0.372 e. The van der Waals surface area contributed by atoms with Gasteiger partial charge in [-0.1, -0.05) is 24.3 Å². The van der Waals surface area contributed by atoms with Crippen molar-refractivity contribution in [2.75, 3.05) is 37.3 Å². The average Bonchev–Trinajstić information content (AvgIpc) is 3.29. The van der Waals surface area contributed by atoms with Crippen molar-refractivity contribution < 1.29 is 8.42 Å². The van der Waals surface area contributed by atoms with Crippen LogP contribution in [0.1, 0.15) is 43.9 Å². The molecule has 2 aromatic rings. The second-order valence-corrected chi connectivity index (χ2v) is 10.1. The number of hydrogen-bond donors (Lipinski definition) is 2. The maximum absolute atomic E-state index is 11.6. The van der Waals surface area contributed by atoms with Gasteiger partial charge in [0.2, 0.25) is 0 Å². The van der Waals surface area contributed by atoms with E-state index >= 15 is 0 Å². The third-order valence-corrected chi connectivity index (χ3v) is 6.69. The Bertz CT molecular complexity index is 981. The topological polar surface area (TPSA) is 73.8 Å². The molecule has 0 aromatic heterocycles. The molecular formula is C24H34N4O2S. The van der Waals surface area contributed by atoms with Gasteiger partial charge >= 0.3 is 0 Å². The smallest absolute Gasteiger partial charge is 0.191 e. The predicted octanol–water partition coefficient (Wildman–Crippen LogP) is 3.55. The van der Waals surface area contributed by atoms with Gasteiger partial charge in [0, 0.05) is 38.1 Å². The summed E-state index contributed by atoms with van der Waals surface area (Å²) in [4.78, 5) is 7.51. The molecule has 0 saturated carbocycles. The van der Waals surface area contributed by atoms with E-state index in [0.717, 1.165) is 37.6 Å². The Morgan fingerprint density at radius 1 is 1.13 bits per heavy atom. The standard InChI is InChI=1S/C24H34N4O2S/c1-4-25-24(26-15-14-20-10-12-23(13-11-20)31(3,29)30)27-19(2)21-8-7-9-22(18-21)28-16-5-6-17-28/h7-13,18-19H,4-6,14-17H2,1-3H3,(H2,25,26,27). The van der Waals surface area contributed by atoms with E-state index in [2.05, 4.69) is 53.6 Å². The van der Waals surface area contributed by atoms with Crippen LogP contribution in [0.3, 0.4) is 0 Å². The summed E-state index contributed by atoms with van der Waals surface area (Å²) in [5.74, 6) is 0.786. The summed E-state index contributed by atoms with van der Waals surface area (Å²) >= 11 is 0. The highest BCUT2D eigenvalue weighted by Gasteiger charge is 2.14. The first kappa shape index (κ1) is 23.1. The number of nitrogens with one attached hydrogen (secondary N) is 2. The summed E-state index contributed by atoms with van der Waals surface area (Å²) in [7, 11) is -3.16. The average molecular weight is 443 g/mol. The Labute approximate surface area is 186 Å². The first-order chi connectivity index (χ1) is 14.9. The van der Waals surface area contributed by atoms with Crippen LogP contribution in [-0.2, 0) is 16.3 Å². The largest absolute Gasteiger partial charge is 0.372 e. The van der Waals surface area contributed by atoms with Gasteiger partial charge in [-0.3, -0.25) is 4.99 Å². The first-order valence-corrected chi connectivity index (χ1v) is 12.9. The fraction of sp³-hybridized carbons (Fsp3) is 0.458. The molecule has 0 aliphatic carbocycles. The van der Waals surface area contributed by atoms with Crippen molar-refractivity contribution in [3.05, 3.63) is 59.7 Å². The molecule has 2 N–H and O–H groups in total. The lowest BCUT2D eigenvalue weighted by Gasteiger charge is -2.22. The molecule has 1 aliphatic heterocycles. The van der Waals surface area contributed by atoms with E-state index in [1.54, 1.807) is 12.1 Å². The Hall–Kier alpha value is -2.54. The molecule has 0 radical (unpaired) electrons. The van der Waals surface area contributed by atoms with Crippen molar-refractivity contribution in [2.24, 2.45) is 4.99 Å². The van der Waals surface area contributed by atoms with E-state index in [9.17, 15) is 8.42 Å². The molecule has 0 spiro atoms. The molecule has 168 valence electrons. The summed E-state index contributed by atoms with van der Waals surface area (Å²) in [6.07, 6.45) is 4.51. The quantitative estimate of drug-likeness (QED) is 0.483. The van der Waals surface area contributed by atoms with Gasteiger partial charge in [-0.2, -0.15) is 0 Å². The third-order valence-electron chi connectivity index (χ3n) is 5.56. The maximum Gasteiger partial charge on any atom is 0.191 e. The van der Waals surface area contributed by atoms with E-state index in [1.807, 2.05) is 12.1 Å². The van der Waals surface area contributed by atoms with Crippen LogP contribution in [0.2, 0.25) is 0 Å². The van der Waals surface area contributed by atoms with E-state index in [-0.39, 0.29) is 6.04 Å². The maximum atomic E-state index is 11.6. The molecular weight excluding hydrogens is 408 g/mol. The van der Waals surface area contributed by atoms with Gasteiger partial charge < -0.3 is 15.5 Å². The van der Waals surface area contributed by atoms with Crippen LogP contribution in [0.4, 0.5) is 5.69 Å². The molecule has 1 heterocycles. The summed E-state index contributed by atoms with van der Waals surface area (Å²) in [5.41, 5.74) is 3.60. The zero-order valence-electron chi connectivity index (χ0n) is 18.8. The number of benzene rings is 2. The molecule has 0 amide bonds. The monoisotopic (exact) mass is 442 g/mol. The van der Waals surface area contributed by atoms with Gasteiger partial charge in [0.25, 0.3) is 0 Å². The van der Waals surface area contributed by atoms with Gasteiger partial charge in [-0.15, -0.1) is 0 Å². The molecule has 1 atom stereocenters. The zero-order valence-corrected chi connectivity index (χ0v) is 19.6. The highest BCUT2D eigenvalue weighted by molar-refractivity contribution is 7.90. The molecule has 7 heteroatoms. The number of rotatable bonds is 8. The van der Waals surface area contributed by atoms with Crippen LogP contribution in [0, 0.1) is 0 Å². The molecule has 1 fully saturated rings. The number of nitrogens with zero attached hydrogens (tertiary/aromatic N) is 2. The van der Waals surface area contributed by atoms with Crippen LogP contribution in [0.5, 0.6) is 0 Å². The number of anilines is 1. The molecule has 1 aliphatic rings. The minimum atomic E-state index is -3.16. The lowest BCUT2D eigenvalue weighted by Crippen LogP contribution is -2.39. The van der Waals surface area contributed by atoms with Crippen molar-refractivity contribution in [1.29, 1.82) is 0 Å². The van der Waals surface area contributed by atoms with E-state index in [0.29, 0.717) is 11.4 Å². The number of sulfone groups is 1. The second-order valence-electron chi connectivity index (χ2n) is 8.08. The van der Waals surface area contributed by atoms with Crippen LogP contribution < -0.4 is 15.5 Å². The molecule has 0 bridgehead atoms. The Morgan fingerprint density at radius 2 is 1.84 bits per heavy atom. The normalized spacial score (nSPS) is 15.7. The first-order valence-electron chi connectivity index (χ1n) is 11.1. The van der Waals surface area contributed by atoms with Crippen LogP contribution in [-0.4, -0.2) is 46.8 Å². The highest BCUT2D eigenvalue weighted by atomic mass is 32.2. The minimum absolute atomic E-state index is 0.134. The van der Waals surface area contributed by atoms with Crippen molar-refractivity contribution in [2.45, 2.75) is 44.0 Å². The molecule has 3 rings (SSSR count).